The van der Waals surface area contributed by atoms with Crippen molar-refractivity contribution in [2.45, 2.75) is 12.1 Å². The Balaban J connectivity index is 1.45. The standard InChI is InChI=1S/C27H17Cl4FN8O/c28-19-6-24(31)34-9-18(19)27(23-10-40(39-38-23)16-11-41-12-16)37-15-3-17-25(36-14-1-2-22(32)20(29)4-14)13(7-33)8-35-26(17)21(30)5-15/h1-6,8-10,16,27,37H,11-12H2,(H,35,36). The van der Waals surface area contributed by atoms with Gasteiger partial charge in [-0.1, -0.05) is 51.6 Å². The molecular formula is C27H17Cl4FN8O. The topological polar surface area (TPSA) is 114 Å². The number of anilines is 3. The summed E-state index contributed by atoms with van der Waals surface area (Å²) in [7, 11) is 0. The molecule has 1 unspecified atom stereocenters. The molecular weight excluding hydrogens is 613 g/mol. The fraction of sp³-hybridized carbons (Fsp3) is 0.148. The van der Waals surface area contributed by atoms with Crippen LogP contribution in [0.25, 0.3) is 10.9 Å². The van der Waals surface area contributed by atoms with Gasteiger partial charge in [-0.3, -0.25) is 4.98 Å². The molecule has 0 spiro atoms. The summed E-state index contributed by atoms with van der Waals surface area (Å²) in [6.07, 6.45) is 4.80. The van der Waals surface area contributed by atoms with Crippen LogP contribution >= 0.6 is 46.4 Å². The molecule has 0 radical (unpaired) electrons. The molecule has 1 aliphatic heterocycles. The maximum absolute atomic E-state index is 13.8. The number of hydrogen-bond donors (Lipinski definition) is 2. The SMILES string of the molecule is N#Cc1cnc2c(Cl)cc(NC(c3cn(C4COC4)nn3)c3cnc(Cl)cc3Cl)cc2c1Nc1ccc(F)c(Cl)c1. The minimum absolute atomic E-state index is 0.0648. The van der Waals surface area contributed by atoms with Crippen LogP contribution in [0.1, 0.15) is 28.9 Å². The van der Waals surface area contributed by atoms with Gasteiger partial charge in [-0.2, -0.15) is 5.26 Å². The normalized spacial score (nSPS) is 14.0. The number of nitrogens with zero attached hydrogens (tertiary/aromatic N) is 6. The van der Waals surface area contributed by atoms with E-state index in [-0.39, 0.29) is 21.8 Å². The summed E-state index contributed by atoms with van der Waals surface area (Å²) in [5.41, 5.74) is 3.34. The number of ether oxygens (including phenoxy) is 1. The lowest BCUT2D eigenvalue weighted by Crippen LogP contribution is -2.31. The fourth-order valence-corrected chi connectivity index (χ4v) is 5.29. The molecule has 206 valence electrons. The Hall–Kier alpha value is -3.72. The summed E-state index contributed by atoms with van der Waals surface area (Å²) in [5, 5.41) is 26.5. The number of halogens is 5. The minimum atomic E-state index is -0.602. The zero-order valence-electron chi connectivity index (χ0n) is 20.7. The highest BCUT2D eigenvalue weighted by molar-refractivity contribution is 6.36. The summed E-state index contributed by atoms with van der Waals surface area (Å²) >= 11 is 25.3. The van der Waals surface area contributed by atoms with Crippen molar-refractivity contribution in [1.82, 2.24) is 25.0 Å². The van der Waals surface area contributed by atoms with Crippen molar-refractivity contribution in [2.75, 3.05) is 23.8 Å². The van der Waals surface area contributed by atoms with Crippen molar-refractivity contribution in [3.05, 3.63) is 97.8 Å². The van der Waals surface area contributed by atoms with Crippen LogP contribution < -0.4 is 10.6 Å². The first-order valence-corrected chi connectivity index (χ1v) is 13.6. The van der Waals surface area contributed by atoms with E-state index < -0.39 is 11.9 Å². The Morgan fingerprint density at radius 1 is 1.00 bits per heavy atom. The maximum atomic E-state index is 13.8. The van der Waals surface area contributed by atoms with Crippen molar-refractivity contribution in [3.8, 4) is 6.07 Å². The van der Waals surface area contributed by atoms with Crippen LogP contribution in [0.4, 0.5) is 21.5 Å². The summed E-state index contributed by atoms with van der Waals surface area (Å²) < 4.78 is 20.8. The monoisotopic (exact) mass is 628 g/mol. The number of nitrogens with one attached hydrogen (secondary N) is 2. The van der Waals surface area contributed by atoms with Crippen LogP contribution in [0.15, 0.2) is 55.0 Å². The van der Waals surface area contributed by atoms with Gasteiger partial charge in [0.15, 0.2) is 0 Å². The predicted molar refractivity (Wildman–Crippen MR) is 156 cm³/mol. The lowest BCUT2D eigenvalue weighted by Gasteiger charge is -2.25. The fourth-order valence-electron chi connectivity index (χ4n) is 4.37. The van der Waals surface area contributed by atoms with Crippen molar-refractivity contribution < 1.29 is 9.13 Å². The van der Waals surface area contributed by atoms with E-state index in [4.69, 9.17) is 51.1 Å². The second-order valence-corrected chi connectivity index (χ2v) is 10.8. The van der Waals surface area contributed by atoms with Crippen LogP contribution in [0.5, 0.6) is 0 Å². The lowest BCUT2D eigenvalue weighted by atomic mass is 10.0. The molecule has 41 heavy (non-hydrogen) atoms. The van der Waals surface area contributed by atoms with Gasteiger partial charge >= 0.3 is 0 Å². The Labute approximate surface area is 252 Å². The highest BCUT2D eigenvalue weighted by atomic mass is 35.5. The van der Waals surface area contributed by atoms with E-state index in [9.17, 15) is 9.65 Å². The van der Waals surface area contributed by atoms with Gasteiger partial charge in [-0.15, -0.1) is 5.10 Å². The minimum Gasteiger partial charge on any atom is -0.377 e. The number of hydrogen-bond acceptors (Lipinski definition) is 8. The Kier molecular flexibility index (Phi) is 7.55. The van der Waals surface area contributed by atoms with Crippen molar-refractivity contribution in [3.63, 3.8) is 0 Å². The molecule has 6 rings (SSSR count). The third-order valence-electron chi connectivity index (χ3n) is 6.52. The van der Waals surface area contributed by atoms with E-state index in [1.54, 1.807) is 29.1 Å². The van der Waals surface area contributed by atoms with Crippen LogP contribution in [0.2, 0.25) is 20.2 Å². The third kappa shape index (κ3) is 5.47. The first-order valence-electron chi connectivity index (χ1n) is 12.1. The molecule has 2 N–H and O–H groups in total. The smallest absolute Gasteiger partial charge is 0.141 e. The van der Waals surface area contributed by atoms with Crippen LogP contribution in [-0.2, 0) is 4.74 Å². The van der Waals surface area contributed by atoms with Gasteiger partial charge in [0, 0.05) is 34.7 Å². The van der Waals surface area contributed by atoms with Crippen molar-refractivity contribution in [1.29, 1.82) is 5.26 Å². The summed E-state index contributed by atoms with van der Waals surface area (Å²) in [4.78, 5) is 8.60. The number of pyridine rings is 2. The first kappa shape index (κ1) is 27.4. The van der Waals surface area contributed by atoms with Gasteiger partial charge in [0.2, 0.25) is 0 Å². The highest BCUT2D eigenvalue weighted by Crippen LogP contribution is 2.38. The van der Waals surface area contributed by atoms with Gasteiger partial charge in [0.05, 0.1) is 51.2 Å². The summed E-state index contributed by atoms with van der Waals surface area (Å²) in [6.45, 7) is 1.10. The molecule has 0 saturated carbocycles. The summed E-state index contributed by atoms with van der Waals surface area (Å²) in [6, 6.07) is 10.8. The number of aromatic nitrogens is 5. The van der Waals surface area contributed by atoms with Gasteiger partial charge in [0.25, 0.3) is 0 Å². The van der Waals surface area contributed by atoms with E-state index in [1.807, 2.05) is 6.20 Å². The molecule has 0 aliphatic carbocycles. The van der Waals surface area contributed by atoms with E-state index >= 15 is 0 Å². The highest BCUT2D eigenvalue weighted by Gasteiger charge is 2.26. The van der Waals surface area contributed by atoms with Crippen LogP contribution in [0, 0.1) is 17.1 Å². The number of rotatable bonds is 7. The molecule has 2 aromatic carbocycles. The molecule has 1 aliphatic rings. The summed E-state index contributed by atoms with van der Waals surface area (Å²) in [5.74, 6) is -0.560. The second kappa shape index (κ2) is 11.3. The van der Waals surface area contributed by atoms with Gasteiger partial charge in [-0.25, -0.2) is 14.1 Å². The first-order chi connectivity index (χ1) is 19.8. The largest absolute Gasteiger partial charge is 0.377 e. The molecule has 0 amide bonds. The Morgan fingerprint density at radius 3 is 2.51 bits per heavy atom. The van der Waals surface area contributed by atoms with E-state index in [1.165, 1.54) is 24.4 Å². The molecule has 0 bridgehead atoms. The molecule has 9 nitrogen and oxygen atoms in total. The number of nitriles is 1. The number of fused-ring (bicyclic) bond motifs is 1. The Morgan fingerprint density at radius 2 is 1.80 bits per heavy atom. The van der Waals surface area contributed by atoms with Crippen molar-refractivity contribution in [2.24, 2.45) is 0 Å². The van der Waals surface area contributed by atoms with E-state index in [0.29, 0.717) is 62.5 Å². The lowest BCUT2D eigenvalue weighted by molar-refractivity contribution is -0.0293. The molecule has 1 atom stereocenters. The molecule has 4 heterocycles. The average molecular weight is 630 g/mol. The zero-order chi connectivity index (χ0) is 28.7. The van der Waals surface area contributed by atoms with Gasteiger partial charge < -0.3 is 15.4 Å². The third-order valence-corrected chi connectivity index (χ3v) is 7.63. The second-order valence-electron chi connectivity index (χ2n) is 9.19. The van der Waals surface area contributed by atoms with Crippen LogP contribution in [-0.4, -0.2) is 38.2 Å². The Bertz CT molecular complexity index is 1840. The zero-order valence-corrected chi connectivity index (χ0v) is 23.8. The molecule has 1 saturated heterocycles. The van der Waals surface area contributed by atoms with Gasteiger partial charge in [0.1, 0.15) is 34.8 Å². The quantitative estimate of drug-likeness (QED) is 0.180. The van der Waals surface area contributed by atoms with Gasteiger partial charge in [-0.05, 0) is 36.4 Å². The molecule has 5 aromatic rings. The molecule has 3 aromatic heterocycles. The van der Waals surface area contributed by atoms with Crippen molar-refractivity contribution >= 4 is 74.4 Å². The molecule has 14 heteroatoms. The predicted octanol–water partition coefficient (Wildman–Crippen LogP) is 7.36. The van der Waals surface area contributed by atoms with Crippen LogP contribution in [0.3, 0.4) is 0 Å². The average Bonchev–Trinajstić information content (AvgIpc) is 3.38. The van der Waals surface area contributed by atoms with E-state index in [2.05, 4.69) is 37.0 Å². The van der Waals surface area contributed by atoms with E-state index in [0.717, 1.165) is 0 Å². The molecule has 1 fully saturated rings. The number of benzene rings is 2. The maximum Gasteiger partial charge on any atom is 0.141 e.